The second kappa shape index (κ2) is 6.81. The normalized spacial score (nSPS) is 18.5. The van der Waals surface area contributed by atoms with E-state index in [0.29, 0.717) is 6.54 Å². The van der Waals surface area contributed by atoms with Crippen LogP contribution in [0.5, 0.6) is 0 Å². The molecule has 1 aliphatic heterocycles. The zero-order chi connectivity index (χ0) is 16.4. The van der Waals surface area contributed by atoms with Crippen molar-refractivity contribution in [3.05, 3.63) is 59.0 Å². The van der Waals surface area contributed by atoms with Crippen LogP contribution < -0.4 is 5.32 Å². The van der Waals surface area contributed by atoms with E-state index in [1.807, 2.05) is 12.1 Å². The van der Waals surface area contributed by atoms with Crippen molar-refractivity contribution in [2.45, 2.75) is 44.7 Å². The average Bonchev–Trinajstić information content (AvgIpc) is 2.99. The highest BCUT2D eigenvalue weighted by atomic mass is 16.3. The molecule has 0 bridgehead atoms. The smallest absolute Gasteiger partial charge is 0.251 e. The Morgan fingerprint density at radius 1 is 1.17 bits per heavy atom. The standard InChI is InChI=1S/C20H24N2O2/c23-20(21-13-15-8-11-24-14-15)18-5-4-16-6-9-22(19-2-1-3-19)10-7-17(16)12-18/h4-5,8,11-12,14,19H,1-3,6-7,9-10,13H2,(H,21,23). The number of hydrogen-bond donors (Lipinski definition) is 1. The van der Waals surface area contributed by atoms with Crippen molar-refractivity contribution in [1.82, 2.24) is 10.2 Å². The fourth-order valence-corrected chi connectivity index (χ4v) is 3.68. The van der Waals surface area contributed by atoms with E-state index in [2.05, 4.69) is 22.3 Å². The molecule has 4 rings (SSSR count). The third-order valence-corrected chi connectivity index (χ3v) is 5.43. The lowest BCUT2D eigenvalue weighted by molar-refractivity contribution is 0.0950. The van der Waals surface area contributed by atoms with Crippen molar-refractivity contribution < 1.29 is 9.21 Å². The zero-order valence-corrected chi connectivity index (χ0v) is 14.0. The second-order valence-corrected chi connectivity index (χ2v) is 6.92. The second-order valence-electron chi connectivity index (χ2n) is 6.92. The van der Waals surface area contributed by atoms with Crippen molar-refractivity contribution in [3.8, 4) is 0 Å². The first-order chi connectivity index (χ1) is 11.8. The van der Waals surface area contributed by atoms with Gasteiger partial charge >= 0.3 is 0 Å². The van der Waals surface area contributed by atoms with Crippen LogP contribution >= 0.6 is 0 Å². The van der Waals surface area contributed by atoms with Gasteiger partial charge < -0.3 is 9.73 Å². The summed E-state index contributed by atoms with van der Waals surface area (Å²) in [6.45, 7) is 2.78. The molecule has 4 nitrogen and oxygen atoms in total. The van der Waals surface area contributed by atoms with E-state index in [1.54, 1.807) is 12.5 Å². The minimum absolute atomic E-state index is 0.0147. The summed E-state index contributed by atoms with van der Waals surface area (Å²) in [5, 5.41) is 2.96. The Kier molecular flexibility index (Phi) is 4.39. The van der Waals surface area contributed by atoms with E-state index in [1.165, 1.54) is 30.4 Å². The van der Waals surface area contributed by atoms with Crippen LogP contribution in [0.25, 0.3) is 0 Å². The molecule has 1 fully saturated rings. The lowest BCUT2D eigenvalue weighted by Crippen LogP contribution is -2.41. The molecule has 1 N–H and O–H groups in total. The molecule has 2 aliphatic rings. The molecule has 0 saturated heterocycles. The Hall–Kier alpha value is -2.07. The Morgan fingerprint density at radius 2 is 2.00 bits per heavy atom. The number of furan rings is 1. The number of fused-ring (bicyclic) bond motifs is 1. The third kappa shape index (κ3) is 3.24. The van der Waals surface area contributed by atoms with Crippen LogP contribution in [0.15, 0.2) is 41.2 Å². The van der Waals surface area contributed by atoms with Crippen molar-refractivity contribution in [3.63, 3.8) is 0 Å². The molecule has 1 aromatic carbocycles. The molecule has 2 aromatic rings. The van der Waals surface area contributed by atoms with Crippen molar-refractivity contribution in [1.29, 1.82) is 0 Å². The Bertz CT molecular complexity index is 704. The van der Waals surface area contributed by atoms with E-state index in [-0.39, 0.29) is 5.91 Å². The summed E-state index contributed by atoms with van der Waals surface area (Å²) in [7, 11) is 0. The molecule has 1 aromatic heterocycles. The molecule has 0 atom stereocenters. The SMILES string of the molecule is O=C(NCc1ccoc1)c1ccc2c(c1)CCN(C1CCC1)CC2. The maximum absolute atomic E-state index is 12.4. The number of rotatable bonds is 4. The number of amides is 1. The Labute approximate surface area is 142 Å². The van der Waals surface area contributed by atoms with Crippen molar-refractivity contribution >= 4 is 5.91 Å². The first-order valence-corrected chi connectivity index (χ1v) is 8.95. The van der Waals surface area contributed by atoms with E-state index in [9.17, 15) is 4.79 Å². The van der Waals surface area contributed by atoms with Gasteiger partial charge in [0.25, 0.3) is 5.91 Å². The number of carbonyl (C=O) groups is 1. The molecular formula is C20H24N2O2. The van der Waals surface area contributed by atoms with Gasteiger partial charge in [0.1, 0.15) is 0 Å². The van der Waals surface area contributed by atoms with E-state index >= 15 is 0 Å². The summed E-state index contributed by atoms with van der Waals surface area (Å²) in [6.07, 6.45) is 9.53. The van der Waals surface area contributed by atoms with Crippen LogP contribution in [0.4, 0.5) is 0 Å². The minimum atomic E-state index is -0.0147. The molecule has 1 amide bonds. The van der Waals surface area contributed by atoms with E-state index in [4.69, 9.17) is 4.42 Å². The number of carbonyl (C=O) groups excluding carboxylic acids is 1. The number of hydrogen-bond acceptors (Lipinski definition) is 3. The van der Waals surface area contributed by atoms with Crippen LogP contribution in [0.1, 0.15) is 46.3 Å². The monoisotopic (exact) mass is 324 g/mol. The van der Waals surface area contributed by atoms with Gasteiger partial charge in [0.05, 0.1) is 12.5 Å². The molecule has 1 saturated carbocycles. The highest BCUT2D eigenvalue weighted by Crippen LogP contribution is 2.27. The van der Waals surface area contributed by atoms with Crippen LogP contribution in [0, 0.1) is 0 Å². The third-order valence-electron chi connectivity index (χ3n) is 5.43. The molecular weight excluding hydrogens is 300 g/mol. The van der Waals surface area contributed by atoms with E-state index in [0.717, 1.165) is 43.1 Å². The van der Waals surface area contributed by atoms with Crippen LogP contribution in [-0.2, 0) is 19.4 Å². The molecule has 2 heterocycles. The fourth-order valence-electron chi connectivity index (χ4n) is 3.68. The predicted molar refractivity (Wildman–Crippen MR) is 92.9 cm³/mol. The van der Waals surface area contributed by atoms with Crippen molar-refractivity contribution in [2.75, 3.05) is 13.1 Å². The number of nitrogens with one attached hydrogen (secondary N) is 1. The average molecular weight is 324 g/mol. The summed E-state index contributed by atoms with van der Waals surface area (Å²) in [5.41, 5.74) is 4.49. The molecule has 0 spiro atoms. The molecule has 1 aliphatic carbocycles. The largest absolute Gasteiger partial charge is 0.472 e. The summed E-state index contributed by atoms with van der Waals surface area (Å²) in [5.74, 6) is -0.0147. The molecule has 126 valence electrons. The molecule has 4 heteroatoms. The first kappa shape index (κ1) is 15.5. The zero-order valence-electron chi connectivity index (χ0n) is 14.0. The van der Waals surface area contributed by atoms with Gasteiger partial charge in [-0.05, 0) is 55.0 Å². The first-order valence-electron chi connectivity index (χ1n) is 8.95. The maximum Gasteiger partial charge on any atom is 0.251 e. The quantitative estimate of drug-likeness (QED) is 0.939. The van der Waals surface area contributed by atoms with Gasteiger partial charge in [-0.15, -0.1) is 0 Å². The highest BCUT2D eigenvalue weighted by Gasteiger charge is 2.26. The lowest BCUT2D eigenvalue weighted by Gasteiger charge is -2.36. The summed E-state index contributed by atoms with van der Waals surface area (Å²) >= 11 is 0. The Morgan fingerprint density at radius 3 is 2.71 bits per heavy atom. The van der Waals surface area contributed by atoms with Gasteiger partial charge in [-0.1, -0.05) is 12.5 Å². The van der Waals surface area contributed by atoms with Gasteiger partial charge in [-0.25, -0.2) is 0 Å². The summed E-state index contributed by atoms with van der Waals surface area (Å²) in [6, 6.07) is 8.86. The molecule has 0 unspecified atom stereocenters. The Balaban J connectivity index is 1.41. The molecule has 0 radical (unpaired) electrons. The van der Waals surface area contributed by atoms with Gasteiger partial charge in [-0.2, -0.15) is 0 Å². The van der Waals surface area contributed by atoms with Gasteiger partial charge in [-0.3, -0.25) is 9.69 Å². The van der Waals surface area contributed by atoms with Crippen LogP contribution in [-0.4, -0.2) is 29.9 Å². The summed E-state index contributed by atoms with van der Waals surface area (Å²) < 4.78 is 5.03. The highest BCUT2D eigenvalue weighted by molar-refractivity contribution is 5.94. The minimum Gasteiger partial charge on any atom is -0.472 e. The fraction of sp³-hybridized carbons (Fsp3) is 0.450. The number of benzene rings is 1. The van der Waals surface area contributed by atoms with Crippen LogP contribution in [0.2, 0.25) is 0 Å². The number of nitrogens with zero attached hydrogens (tertiary/aromatic N) is 1. The molecule has 24 heavy (non-hydrogen) atoms. The van der Waals surface area contributed by atoms with Gasteiger partial charge in [0.2, 0.25) is 0 Å². The van der Waals surface area contributed by atoms with E-state index < -0.39 is 0 Å². The maximum atomic E-state index is 12.4. The summed E-state index contributed by atoms with van der Waals surface area (Å²) in [4.78, 5) is 15.0. The topological polar surface area (TPSA) is 45.5 Å². The van der Waals surface area contributed by atoms with Crippen molar-refractivity contribution in [2.24, 2.45) is 0 Å². The van der Waals surface area contributed by atoms with Crippen LogP contribution in [0.3, 0.4) is 0 Å². The van der Waals surface area contributed by atoms with Gasteiger partial charge in [0.15, 0.2) is 0 Å². The van der Waals surface area contributed by atoms with Gasteiger partial charge in [0, 0.05) is 36.8 Å². The predicted octanol–water partition coefficient (Wildman–Crippen LogP) is 3.16. The lowest BCUT2D eigenvalue weighted by atomic mass is 9.91.